The smallest absolute Gasteiger partial charge is 0.426 e. The zero-order chi connectivity index (χ0) is 10.8. The van der Waals surface area contributed by atoms with Crippen molar-refractivity contribution in [3.63, 3.8) is 0 Å². The first kappa shape index (κ1) is 11.5. The third-order valence-electron chi connectivity index (χ3n) is 1.39. The molecule has 0 radical (unpaired) electrons. The van der Waals surface area contributed by atoms with E-state index in [4.69, 9.17) is 10.2 Å². The van der Waals surface area contributed by atoms with E-state index < -0.39 is 17.7 Å². The Hall–Kier alpha value is -1.46. The fraction of sp³-hybridized carbons (Fsp3) is 0.714. The van der Waals surface area contributed by atoms with Gasteiger partial charge in [0.15, 0.2) is 0 Å². The van der Waals surface area contributed by atoms with Crippen LogP contribution in [-0.4, -0.2) is 45.0 Å². The van der Waals surface area contributed by atoms with Gasteiger partial charge in [-0.2, -0.15) is 0 Å². The van der Waals surface area contributed by atoms with Crippen LogP contribution in [0.1, 0.15) is 20.8 Å². The average Bonchev–Trinajstić information content (AvgIpc) is 1.82. The van der Waals surface area contributed by atoms with Gasteiger partial charge in [0.25, 0.3) is 0 Å². The molecule has 0 fully saturated rings. The van der Waals surface area contributed by atoms with Crippen molar-refractivity contribution in [3.8, 4) is 0 Å². The molecule has 2 N–H and O–H groups in total. The maximum atomic E-state index is 10.7. The van der Waals surface area contributed by atoms with Crippen LogP contribution in [0.3, 0.4) is 0 Å². The SMILES string of the molecule is CN(C(=O)O)N(C(=O)O)C(C)(C)C. The van der Waals surface area contributed by atoms with Crippen molar-refractivity contribution < 1.29 is 19.8 Å². The van der Waals surface area contributed by atoms with Crippen molar-refractivity contribution in [2.24, 2.45) is 0 Å². The summed E-state index contributed by atoms with van der Waals surface area (Å²) in [5.74, 6) is 0. The summed E-state index contributed by atoms with van der Waals surface area (Å²) in [6.07, 6.45) is -2.60. The summed E-state index contributed by atoms with van der Waals surface area (Å²) in [5, 5.41) is 18.7. The molecule has 0 atom stereocenters. The molecule has 6 nitrogen and oxygen atoms in total. The Morgan fingerprint density at radius 1 is 1.08 bits per heavy atom. The zero-order valence-electron chi connectivity index (χ0n) is 8.11. The molecule has 0 spiro atoms. The topological polar surface area (TPSA) is 81.1 Å². The zero-order valence-corrected chi connectivity index (χ0v) is 8.11. The van der Waals surface area contributed by atoms with Gasteiger partial charge in [-0.25, -0.2) is 19.6 Å². The van der Waals surface area contributed by atoms with Gasteiger partial charge in [-0.15, -0.1) is 0 Å². The highest BCUT2D eigenvalue weighted by atomic mass is 16.4. The summed E-state index contributed by atoms with van der Waals surface area (Å²) in [4.78, 5) is 21.2. The van der Waals surface area contributed by atoms with E-state index in [1.54, 1.807) is 20.8 Å². The van der Waals surface area contributed by atoms with E-state index in [0.717, 1.165) is 5.01 Å². The molecule has 0 rings (SSSR count). The third-order valence-corrected chi connectivity index (χ3v) is 1.39. The summed E-state index contributed by atoms with van der Waals surface area (Å²) in [7, 11) is 1.18. The highest BCUT2D eigenvalue weighted by Gasteiger charge is 2.32. The minimum Gasteiger partial charge on any atom is -0.464 e. The molecule has 6 heteroatoms. The van der Waals surface area contributed by atoms with Crippen LogP contribution >= 0.6 is 0 Å². The lowest BCUT2D eigenvalue weighted by molar-refractivity contribution is -0.0344. The average molecular weight is 190 g/mol. The van der Waals surface area contributed by atoms with Crippen molar-refractivity contribution in [1.29, 1.82) is 0 Å². The van der Waals surface area contributed by atoms with Gasteiger partial charge in [0.2, 0.25) is 0 Å². The molecule has 2 amide bonds. The van der Waals surface area contributed by atoms with E-state index in [0.29, 0.717) is 5.01 Å². The molecule has 0 aromatic carbocycles. The highest BCUT2D eigenvalue weighted by molar-refractivity contribution is 5.72. The van der Waals surface area contributed by atoms with Gasteiger partial charge in [-0.1, -0.05) is 0 Å². The number of amides is 2. The van der Waals surface area contributed by atoms with Crippen LogP contribution in [0.2, 0.25) is 0 Å². The first-order chi connectivity index (χ1) is 5.68. The number of rotatable bonds is 0. The maximum Gasteiger partial charge on any atom is 0.426 e. The van der Waals surface area contributed by atoms with E-state index in [2.05, 4.69) is 0 Å². The Morgan fingerprint density at radius 2 is 1.46 bits per heavy atom. The Balaban J connectivity index is 4.83. The molecular weight excluding hydrogens is 176 g/mol. The largest absolute Gasteiger partial charge is 0.464 e. The number of hydrazine groups is 1. The van der Waals surface area contributed by atoms with Crippen LogP contribution in [0.4, 0.5) is 9.59 Å². The number of carbonyl (C=O) groups is 2. The van der Waals surface area contributed by atoms with Crippen LogP contribution in [0, 0.1) is 0 Å². The monoisotopic (exact) mass is 190 g/mol. The predicted molar refractivity (Wildman–Crippen MR) is 45.4 cm³/mol. The van der Waals surface area contributed by atoms with Crippen LogP contribution < -0.4 is 0 Å². The fourth-order valence-electron chi connectivity index (χ4n) is 0.951. The van der Waals surface area contributed by atoms with Crippen molar-refractivity contribution >= 4 is 12.2 Å². The Morgan fingerprint density at radius 3 is 1.54 bits per heavy atom. The van der Waals surface area contributed by atoms with Gasteiger partial charge in [0.1, 0.15) is 0 Å². The lowest BCUT2D eigenvalue weighted by atomic mass is 10.1. The van der Waals surface area contributed by atoms with E-state index >= 15 is 0 Å². The quantitative estimate of drug-likeness (QED) is 0.564. The van der Waals surface area contributed by atoms with Gasteiger partial charge in [-0.3, -0.25) is 0 Å². The molecule has 0 aliphatic heterocycles. The van der Waals surface area contributed by atoms with Crippen LogP contribution in [0.15, 0.2) is 0 Å². The number of hydrogen-bond acceptors (Lipinski definition) is 2. The van der Waals surface area contributed by atoms with Gasteiger partial charge in [0, 0.05) is 7.05 Å². The van der Waals surface area contributed by atoms with Crippen LogP contribution in [0.5, 0.6) is 0 Å². The standard InChI is InChI=1S/C7H14N2O4/c1-7(2,3)9(6(12)13)8(4)5(10)11/h1-4H3,(H,10,11)(H,12,13). The minimum absolute atomic E-state index is 0.641. The third kappa shape index (κ3) is 2.81. The fourth-order valence-corrected chi connectivity index (χ4v) is 0.951. The van der Waals surface area contributed by atoms with Crippen molar-refractivity contribution in [2.45, 2.75) is 26.3 Å². The molecule has 0 aromatic rings. The van der Waals surface area contributed by atoms with Crippen molar-refractivity contribution in [3.05, 3.63) is 0 Å². The van der Waals surface area contributed by atoms with Gasteiger partial charge < -0.3 is 10.2 Å². The van der Waals surface area contributed by atoms with Crippen LogP contribution in [0.25, 0.3) is 0 Å². The Bertz CT molecular complexity index is 221. The second-order valence-corrected chi connectivity index (χ2v) is 3.57. The van der Waals surface area contributed by atoms with E-state index in [1.165, 1.54) is 7.05 Å². The van der Waals surface area contributed by atoms with Gasteiger partial charge in [0.05, 0.1) is 5.54 Å². The van der Waals surface area contributed by atoms with Crippen molar-refractivity contribution in [2.75, 3.05) is 7.05 Å². The van der Waals surface area contributed by atoms with Gasteiger partial charge in [-0.05, 0) is 20.8 Å². The Labute approximate surface area is 76.3 Å². The second-order valence-electron chi connectivity index (χ2n) is 3.57. The predicted octanol–water partition coefficient (Wildman–Crippen LogP) is 1.29. The number of carboxylic acid groups (broad SMARTS) is 2. The second kappa shape index (κ2) is 3.51. The van der Waals surface area contributed by atoms with Crippen LogP contribution in [-0.2, 0) is 0 Å². The normalized spacial score (nSPS) is 10.8. The molecule has 0 aliphatic rings. The highest BCUT2D eigenvalue weighted by Crippen LogP contribution is 2.15. The lowest BCUT2D eigenvalue weighted by Gasteiger charge is -2.37. The van der Waals surface area contributed by atoms with E-state index in [9.17, 15) is 9.59 Å². The molecule has 0 saturated carbocycles. The summed E-state index contributed by atoms with van der Waals surface area (Å²) < 4.78 is 0. The number of hydrogen-bond donors (Lipinski definition) is 2. The molecule has 0 aliphatic carbocycles. The van der Waals surface area contributed by atoms with Crippen molar-refractivity contribution in [1.82, 2.24) is 10.0 Å². The minimum atomic E-state index is -1.31. The summed E-state index contributed by atoms with van der Waals surface area (Å²) in [6.45, 7) is 4.84. The maximum absolute atomic E-state index is 10.7. The first-order valence-corrected chi connectivity index (χ1v) is 3.67. The van der Waals surface area contributed by atoms with E-state index in [-0.39, 0.29) is 0 Å². The molecule has 13 heavy (non-hydrogen) atoms. The first-order valence-electron chi connectivity index (χ1n) is 3.67. The summed E-state index contributed by atoms with van der Waals surface area (Å²) >= 11 is 0. The summed E-state index contributed by atoms with van der Waals surface area (Å²) in [6, 6.07) is 0. The molecule has 76 valence electrons. The molecular formula is C7H14N2O4. The molecule has 0 unspecified atom stereocenters. The Kier molecular flexibility index (Phi) is 3.11. The summed E-state index contributed by atoms with van der Waals surface area (Å²) in [5.41, 5.74) is -0.779. The molecule has 0 bridgehead atoms. The molecule has 0 saturated heterocycles. The molecule has 0 heterocycles. The van der Waals surface area contributed by atoms with Gasteiger partial charge >= 0.3 is 12.2 Å². The lowest BCUT2D eigenvalue weighted by Crippen LogP contribution is -2.55. The van der Waals surface area contributed by atoms with E-state index in [1.807, 2.05) is 0 Å². The molecule has 0 aromatic heterocycles. The number of nitrogens with zero attached hydrogens (tertiary/aromatic N) is 2.